The fourth-order valence-electron chi connectivity index (χ4n) is 3.69. The summed E-state index contributed by atoms with van der Waals surface area (Å²) in [5, 5.41) is 8.34. The molecule has 0 unspecified atom stereocenters. The quantitative estimate of drug-likeness (QED) is 0.846. The third-order valence-electron chi connectivity index (χ3n) is 5.16. The zero-order valence-electron chi connectivity index (χ0n) is 13.9. The van der Waals surface area contributed by atoms with Crippen LogP contribution < -0.4 is 10.2 Å². The van der Waals surface area contributed by atoms with Crippen LogP contribution in [0.1, 0.15) is 62.6 Å². The number of rotatable bonds is 5. The molecule has 1 N–H and O–H groups in total. The summed E-state index contributed by atoms with van der Waals surface area (Å²) >= 11 is 0. The minimum atomic E-state index is 0.682. The van der Waals surface area contributed by atoms with Gasteiger partial charge in [0.1, 0.15) is 5.82 Å². The molecule has 0 saturated heterocycles. The Morgan fingerprint density at radius 1 is 1.14 bits per heavy atom. The Morgan fingerprint density at radius 2 is 1.81 bits per heavy atom. The molecular formula is C17H30N4. The van der Waals surface area contributed by atoms with Crippen molar-refractivity contribution in [2.24, 2.45) is 7.05 Å². The molecule has 4 heteroatoms. The molecule has 2 saturated carbocycles. The molecule has 1 aromatic rings. The van der Waals surface area contributed by atoms with Gasteiger partial charge in [0.25, 0.3) is 0 Å². The Morgan fingerprint density at radius 3 is 2.43 bits per heavy atom. The number of anilines is 1. The largest absolute Gasteiger partial charge is 0.357 e. The first-order valence-electron chi connectivity index (χ1n) is 8.65. The lowest BCUT2D eigenvalue weighted by Gasteiger charge is -2.30. The minimum Gasteiger partial charge on any atom is -0.357 e. The maximum absolute atomic E-state index is 4.68. The average molecular weight is 290 g/mol. The van der Waals surface area contributed by atoms with E-state index in [4.69, 9.17) is 0 Å². The highest BCUT2D eigenvalue weighted by molar-refractivity contribution is 5.50. The standard InChI is InChI=1S/C17H30N4/c1-13-16(12-18-14-10-11-14)17(21(3)19-13)20(2)15-8-6-4-5-7-9-15/h14-15,18H,4-12H2,1-3H3. The Bertz CT molecular complexity index is 467. The second-order valence-corrected chi connectivity index (χ2v) is 6.92. The normalized spacial score (nSPS) is 20.5. The van der Waals surface area contributed by atoms with E-state index in [1.807, 2.05) is 0 Å². The van der Waals surface area contributed by atoms with E-state index in [0.29, 0.717) is 6.04 Å². The van der Waals surface area contributed by atoms with Crippen molar-refractivity contribution in [2.75, 3.05) is 11.9 Å². The van der Waals surface area contributed by atoms with Crippen molar-refractivity contribution in [3.05, 3.63) is 11.3 Å². The molecule has 0 spiro atoms. The number of nitrogens with zero attached hydrogens (tertiary/aromatic N) is 3. The Balaban J connectivity index is 1.77. The number of hydrogen-bond acceptors (Lipinski definition) is 3. The average Bonchev–Trinajstić information content (AvgIpc) is 3.25. The highest BCUT2D eigenvalue weighted by Gasteiger charge is 2.26. The van der Waals surface area contributed by atoms with Crippen molar-refractivity contribution in [1.82, 2.24) is 15.1 Å². The molecule has 0 aromatic carbocycles. The first-order chi connectivity index (χ1) is 10.2. The molecular weight excluding hydrogens is 260 g/mol. The van der Waals surface area contributed by atoms with Crippen LogP contribution in [0.4, 0.5) is 5.82 Å². The van der Waals surface area contributed by atoms with Crippen molar-refractivity contribution in [2.45, 2.75) is 76.9 Å². The Hall–Kier alpha value is -1.03. The third kappa shape index (κ3) is 3.42. The van der Waals surface area contributed by atoms with Crippen LogP contribution >= 0.6 is 0 Å². The van der Waals surface area contributed by atoms with Gasteiger partial charge in [-0.15, -0.1) is 0 Å². The molecule has 0 bridgehead atoms. The molecule has 0 aliphatic heterocycles. The zero-order valence-corrected chi connectivity index (χ0v) is 13.9. The molecule has 3 rings (SSSR count). The van der Waals surface area contributed by atoms with Gasteiger partial charge in [0.15, 0.2) is 0 Å². The van der Waals surface area contributed by atoms with E-state index in [1.165, 1.54) is 68.4 Å². The van der Waals surface area contributed by atoms with Crippen molar-refractivity contribution in [3.8, 4) is 0 Å². The van der Waals surface area contributed by atoms with Crippen LogP contribution in [0.3, 0.4) is 0 Å². The van der Waals surface area contributed by atoms with Crippen molar-refractivity contribution >= 4 is 5.82 Å². The van der Waals surface area contributed by atoms with Gasteiger partial charge < -0.3 is 10.2 Å². The summed E-state index contributed by atoms with van der Waals surface area (Å²) in [6.45, 7) is 3.12. The predicted octanol–water partition coefficient (Wildman–Crippen LogP) is 3.14. The number of aromatic nitrogens is 2. The monoisotopic (exact) mass is 290 g/mol. The second-order valence-electron chi connectivity index (χ2n) is 6.92. The van der Waals surface area contributed by atoms with E-state index < -0.39 is 0 Å². The molecule has 4 nitrogen and oxygen atoms in total. The zero-order chi connectivity index (χ0) is 14.8. The molecule has 0 amide bonds. The molecule has 2 fully saturated rings. The van der Waals surface area contributed by atoms with Gasteiger partial charge in [-0.05, 0) is 32.6 Å². The van der Waals surface area contributed by atoms with E-state index in [0.717, 1.165) is 12.6 Å². The van der Waals surface area contributed by atoms with Crippen LogP contribution in [0, 0.1) is 6.92 Å². The van der Waals surface area contributed by atoms with Crippen molar-refractivity contribution in [3.63, 3.8) is 0 Å². The van der Waals surface area contributed by atoms with Gasteiger partial charge in [-0.2, -0.15) is 5.10 Å². The van der Waals surface area contributed by atoms with Gasteiger partial charge in [0.2, 0.25) is 0 Å². The molecule has 1 heterocycles. The van der Waals surface area contributed by atoms with Gasteiger partial charge in [-0.25, -0.2) is 0 Å². The molecule has 1 aromatic heterocycles. The minimum absolute atomic E-state index is 0.682. The second kappa shape index (κ2) is 6.39. The molecule has 0 radical (unpaired) electrons. The SMILES string of the molecule is Cc1nn(C)c(N(C)C2CCCCCC2)c1CNC1CC1. The molecule has 21 heavy (non-hydrogen) atoms. The fourth-order valence-corrected chi connectivity index (χ4v) is 3.69. The van der Waals surface area contributed by atoms with E-state index in [-0.39, 0.29) is 0 Å². The smallest absolute Gasteiger partial charge is 0.131 e. The van der Waals surface area contributed by atoms with Crippen LogP contribution in [0.2, 0.25) is 0 Å². The van der Waals surface area contributed by atoms with E-state index in [2.05, 4.69) is 41.0 Å². The first kappa shape index (κ1) is 14.9. The number of aryl methyl sites for hydroxylation is 2. The predicted molar refractivity (Wildman–Crippen MR) is 87.7 cm³/mol. The summed E-state index contributed by atoms with van der Waals surface area (Å²) in [7, 11) is 4.36. The molecule has 2 aliphatic rings. The highest BCUT2D eigenvalue weighted by atomic mass is 15.4. The van der Waals surface area contributed by atoms with Crippen LogP contribution in [-0.2, 0) is 13.6 Å². The molecule has 118 valence electrons. The summed E-state index contributed by atoms with van der Waals surface area (Å²) in [6, 6.07) is 1.43. The van der Waals surface area contributed by atoms with E-state index >= 15 is 0 Å². The maximum atomic E-state index is 4.68. The number of hydrogen-bond donors (Lipinski definition) is 1. The van der Waals surface area contributed by atoms with Crippen molar-refractivity contribution < 1.29 is 0 Å². The van der Waals surface area contributed by atoms with Crippen LogP contribution in [0.5, 0.6) is 0 Å². The summed E-state index contributed by atoms with van der Waals surface area (Å²) in [6.07, 6.45) is 10.9. The lowest BCUT2D eigenvalue weighted by molar-refractivity contribution is 0.537. The Labute approximate surface area is 128 Å². The lowest BCUT2D eigenvalue weighted by Crippen LogP contribution is -2.33. The summed E-state index contributed by atoms with van der Waals surface area (Å²) < 4.78 is 2.09. The van der Waals surface area contributed by atoms with Crippen LogP contribution in [0.25, 0.3) is 0 Å². The van der Waals surface area contributed by atoms with Gasteiger partial charge in [-0.3, -0.25) is 4.68 Å². The van der Waals surface area contributed by atoms with Gasteiger partial charge in [0, 0.05) is 38.3 Å². The van der Waals surface area contributed by atoms with Crippen molar-refractivity contribution in [1.29, 1.82) is 0 Å². The van der Waals surface area contributed by atoms with Crippen LogP contribution in [0.15, 0.2) is 0 Å². The van der Waals surface area contributed by atoms with E-state index in [9.17, 15) is 0 Å². The number of nitrogens with one attached hydrogen (secondary N) is 1. The van der Waals surface area contributed by atoms with E-state index in [1.54, 1.807) is 0 Å². The topological polar surface area (TPSA) is 33.1 Å². The Kier molecular flexibility index (Phi) is 4.53. The molecule has 0 atom stereocenters. The van der Waals surface area contributed by atoms with Crippen LogP contribution in [-0.4, -0.2) is 28.9 Å². The fraction of sp³-hybridized carbons (Fsp3) is 0.824. The summed E-state index contributed by atoms with van der Waals surface area (Å²) in [5.74, 6) is 1.33. The summed E-state index contributed by atoms with van der Waals surface area (Å²) in [5.41, 5.74) is 2.58. The van der Waals surface area contributed by atoms with Gasteiger partial charge >= 0.3 is 0 Å². The summed E-state index contributed by atoms with van der Waals surface area (Å²) in [4.78, 5) is 2.51. The van der Waals surface area contributed by atoms with Gasteiger partial charge in [0.05, 0.1) is 5.69 Å². The maximum Gasteiger partial charge on any atom is 0.131 e. The highest BCUT2D eigenvalue weighted by Crippen LogP contribution is 2.30. The third-order valence-corrected chi connectivity index (χ3v) is 5.16. The molecule has 2 aliphatic carbocycles. The first-order valence-corrected chi connectivity index (χ1v) is 8.65. The van der Waals surface area contributed by atoms with Gasteiger partial charge in [-0.1, -0.05) is 25.7 Å². The lowest BCUT2D eigenvalue weighted by atomic mass is 10.1.